The summed E-state index contributed by atoms with van der Waals surface area (Å²) in [5.74, 6) is 2.29. The average Bonchev–Trinajstić information content (AvgIpc) is 3.71. The number of tetrazole rings is 1. The molecule has 0 spiro atoms. The Morgan fingerprint density at radius 3 is 2.52 bits per heavy atom. The van der Waals surface area contributed by atoms with Crippen LogP contribution in [0.25, 0.3) is 0 Å². The minimum atomic E-state index is -0.440. The van der Waals surface area contributed by atoms with E-state index in [1.165, 1.54) is 0 Å². The second kappa shape index (κ2) is 13.1. The molecule has 1 N–H and O–H groups in total. The van der Waals surface area contributed by atoms with Gasteiger partial charge in [0.25, 0.3) is 0 Å². The van der Waals surface area contributed by atoms with Crippen molar-refractivity contribution in [2.24, 2.45) is 0 Å². The predicted octanol–water partition coefficient (Wildman–Crippen LogP) is 5.26. The first-order chi connectivity index (χ1) is 19.6. The molecule has 1 saturated carbocycles. The first-order valence-corrected chi connectivity index (χ1v) is 13.4. The largest absolute Gasteiger partial charge is 0.490 e. The number of aromatic nitrogens is 4. The number of ether oxygens (including phenoxy) is 2. The number of nitrogens with zero attached hydrogens (tertiary/aromatic N) is 6. The van der Waals surface area contributed by atoms with E-state index in [0.717, 1.165) is 18.6 Å². The zero-order chi connectivity index (χ0) is 27.7. The van der Waals surface area contributed by atoms with Gasteiger partial charge in [-0.3, -0.25) is 9.69 Å². The summed E-state index contributed by atoms with van der Waals surface area (Å²) in [5, 5.41) is 24.7. The Morgan fingerprint density at radius 2 is 1.80 bits per heavy atom. The summed E-state index contributed by atoms with van der Waals surface area (Å²) in [5.41, 5.74) is 0.656. The van der Waals surface area contributed by atoms with Crippen molar-refractivity contribution in [2.75, 3.05) is 18.5 Å². The molecule has 11 heteroatoms. The van der Waals surface area contributed by atoms with Crippen LogP contribution in [0.5, 0.6) is 17.2 Å². The SMILES string of the molecule is N#CCCn1nnnc1C(COc1ccccc1Cl)N(CC(=O)Nc1ccc(Oc2ccccc2)cc1)C1CC1. The molecule has 0 saturated heterocycles. The number of para-hydroxylation sites is 2. The number of nitrogens with one attached hydrogen (secondary N) is 1. The highest BCUT2D eigenvalue weighted by molar-refractivity contribution is 6.32. The van der Waals surface area contributed by atoms with Crippen molar-refractivity contribution >= 4 is 23.2 Å². The number of benzene rings is 3. The van der Waals surface area contributed by atoms with Gasteiger partial charge in [0.05, 0.1) is 30.6 Å². The van der Waals surface area contributed by atoms with Gasteiger partial charge in [-0.25, -0.2) is 4.68 Å². The molecule has 1 heterocycles. The third-order valence-electron chi connectivity index (χ3n) is 6.39. The second-order valence-corrected chi connectivity index (χ2v) is 9.72. The fraction of sp³-hybridized carbons (Fsp3) is 0.276. The summed E-state index contributed by atoms with van der Waals surface area (Å²) >= 11 is 6.32. The Bertz CT molecular complexity index is 1450. The van der Waals surface area contributed by atoms with E-state index in [1.54, 1.807) is 28.9 Å². The number of amides is 1. The van der Waals surface area contributed by atoms with Gasteiger partial charge in [-0.2, -0.15) is 5.26 Å². The minimum absolute atomic E-state index is 0.106. The van der Waals surface area contributed by atoms with Crippen molar-refractivity contribution in [3.63, 3.8) is 0 Å². The van der Waals surface area contributed by atoms with Crippen LogP contribution in [-0.4, -0.2) is 50.2 Å². The maximum absolute atomic E-state index is 13.2. The first kappa shape index (κ1) is 27.1. The Kier molecular flexibility index (Phi) is 8.86. The quantitative estimate of drug-likeness (QED) is 0.237. The molecule has 5 rings (SSSR count). The van der Waals surface area contributed by atoms with Crippen LogP contribution in [0.4, 0.5) is 5.69 Å². The zero-order valence-corrected chi connectivity index (χ0v) is 22.4. The van der Waals surface area contributed by atoms with Crippen molar-refractivity contribution in [3.05, 3.63) is 89.7 Å². The van der Waals surface area contributed by atoms with Crippen molar-refractivity contribution in [2.45, 2.75) is 37.9 Å². The standard InChI is InChI=1S/C29H28ClN7O3/c30-25-9-4-5-10-27(25)39-20-26(29-33-34-35-37(29)18-6-17-31)36(22-13-14-22)19-28(38)32-21-11-15-24(16-12-21)40-23-7-2-1-3-8-23/h1-5,7-12,15-16,22,26H,6,13-14,18-20H2,(H,32,38). The van der Waals surface area contributed by atoms with E-state index in [1.807, 2.05) is 54.6 Å². The van der Waals surface area contributed by atoms with E-state index in [-0.39, 0.29) is 31.5 Å². The third kappa shape index (κ3) is 7.14. The number of rotatable bonds is 13. The monoisotopic (exact) mass is 557 g/mol. The van der Waals surface area contributed by atoms with Gasteiger partial charge in [-0.05, 0) is 71.8 Å². The van der Waals surface area contributed by atoms with Crippen LogP contribution in [0, 0.1) is 11.3 Å². The molecule has 1 unspecified atom stereocenters. The number of carbonyl (C=O) groups is 1. The lowest BCUT2D eigenvalue weighted by molar-refractivity contribution is -0.118. The zero-order valence-electron chi connectivity index (χ0n) is 21.7. The molecule has 4 aromatic rings. The van der Waals surface area contributed by atoms with Crippen LogP contribution >= 0.6 is 11.6 Å². The highest BCUT2D eigenvalue weighted by Gasteiger charge is 2.38. The minimum Gasteiger partial charge on any atom is -0.490 e. The fourth-order valence-electron chi connectivity index (χ4n) is 4.31. The van der Waals surface area contributed by atoms with E-state index in [4.69, 9.17) is 26.3 Å². The third-order valence-corrected chi connectivity index (χ3v) is 6.70. The number of aryl methyl sites for hydroxylation is 1. The van der Waals surface area contributed by atoms with E-state index in [2.05, 4.69) is 31.8 Å². The topological polar surface area (TPSA) is 118 Å². The van der Waals surface area contributed by atoms with E-state index < -0.39 is 6.04 Å². The smallest absolute Gasteiger partial charge is 0.238 e. The molecule has 40 heavy (non-hydrogen) atoms. The van der Waals surface area contributed by atoms with Gasteiger partial charge in [-0.1, -0.05) is 41.9 Å². The van der Waals surface area contributed by atoms with Crippen LogP contribution in [0.1, 0.15) is 31.1 Å². The maximum Gasteiger partial charge on any atom is 0.238 e. The summed E-state index contributed by atoms with van der Waals surface area (Å²) in [6.45, 7) is 0.615. The van der Waals surface area contributed by atoms with Gasteiger partial charge < -0.3 is 14.8 Å². The van der Waals surface area contributed by atoms with Gasteiger partial charge >= 0.3 is 0 Å². The van der Waals surface area contributed by atoms with Crippen molar-refractivity contribution in [1.82, 2.24) is 25.1 Å². The van der Waals surface area contributed by atoms with Crippen LogP contribution in [-0.2, 0) is 11.3 Å². The number of hydrogen-bond acceptors (Lipinski definition) is 8. The maximum atomic E-state index is 13.2. The molecule has 1 aliphatic carbocycles. The number of halogens is 1. The van der Waals surface area contributed by atoms with Crippen LogP contribution < -0.4 is 14.8 Å². The van der Waals surface area contributed by atoms with E-state index in [9.17, 15) is 4.79 Å². The van der Waals surface area contributed by atoms with Crippen LogP contribution in [0.3, 0.4) is 0 Å². The molecular formula is C29H28ClN7O3. The predicted molar refractivity (Wildman–Crippen MR) is 149 cm³/mol. The molecule has 0 bridgehead atoms. The molecular weight excluding hydrogens is 530 g/mol. The summed E-state index contributed by atoms with van der Waals surface area (Å²) in [4.78, 5) is 15.3. The van der Waals surface area contributed by atoms with Crippen molar-refractivity contribution < 1.29 is 14.3 Å². The molecule has 1 aromatic heterocycles. The average molecular weight is 558 g/mol. The molecule has 1 amide bonds. The molecule has 0 radical (unpaired) electrons. The summed E-state index contributed by atoms with van der Waals surface area (Å²) in [6.07, 6.45) is 2.15. The summed E-state index contributed by atoms with van der Waals surface area (Å²) in [7, 11) is 0. The molecule has 1 aliphatic rings. The molecule has 10 nitrogen and oxygen atoms in total. The normalized spacial score (nSPS) is 13.4. The number of carbonyl (C=O) groups excluding carboxylic acids is 1. The summed E-state index contributed by atoms with van der Waals surface area (Å²) < 4.78 is 13.6. The van der Waals surface area contributed by atoms with Gasteiger partial charge in [0, 0.05) is 11.7 Å². The van der Waals surface area contributed by atoms with Crippen molar-refractivity contribution in [3.8, 4) is 23.3 Å². The number of anilines is 1. The Balaban J connectivity index is 1.30. The summed E-state index contributed by atoms with van der Waals surface area (Å²) in [6, 6.07) is 25.8. The highest BCUT2D eigenvalue weighted by atomic mass is 35.5. The van der Waals surface area contributed by atoms with E-state index >= 15 is 0 Å². The molecule has 204 valence electrons. The molecule has 1 atom stereocenters. The van der Waals surface area contributed by atoms with Gasteiger partial charge in [0.2, 0.25) is 5.91 Å². The van der Waals surface area contributed by atoms with Crippen LogP contribution in [0.2, 0.25) is 5.02 Å². The molecule has 3 aromatic carbocycles. The van der Waals surface area contributed by atoms with Gasteiger partial charge in [0.15, 0.2) is 5.82 Å². The Morgan fingerprint density at radius 1 is 1.07 bits per heavy atom. The highest BCUT2D eigenvalue weighted by Crippen LogP contribution is 2.35. The number of nitriles is 1. The van der Waals surface area contributed by atoms with E-state index in [0.29, 0.717) is 34.6 Å². The lowest BCUT2D eigenvalue weighted by Gasteiger charge is -2.30. The van der Waals surface area contributed by atoms with Gasteiger partial charge in [0.1, 0.15) is 29.9 Å². The Hall–Kier alpha value is -4.46. The molecule has 0 aliphatic heterocycles. The van der Waals surface area contributed by atoms with Crippen LogP contribution in [0.15, 0.2) is 78.9 Å². The lowest BCUT2D eigenvalue weighted by Crippen LogP contribution is -2.41. The molecule has 1 fully saturated rings. The second-order valence-electron chi connectivity index (χ2n) is 9.32. The van der Waals surface area contributed by atoms with Gasteiger partial charge in [-0.15, -0.1) is 5.10 Å². The number of hydrogen-bond donors (Lipinski definition) is 1. The fourth-order valence-corrected chi connectivity index (χ4v) is 4.50. The Labute approximate surface area is 237 Å². The lowest BCUT2D eigenvalue weighted by atomic mass is 10.2. The van der Waals surface area contributed by atoms with Crippen molar-refractivity contribution in [1.29, 1.82) is 5.26 Å². The first-order valence-electron chi connectivity index (χ1n) is 13.0.